The molecule has 0 bridgehead atoms. The smallest absolute Gasteiger partial charge is 0.159 e. The molecule has 0 aliphatic heterocycles. The van der Waals surface area contributed by atoms with E-state index in [4.69, 9.17) is 23.2 Å². The second-order valence-electron chi connectivity index (χ2n) is 4.28. The van der Waals surface area contributed by atoms with Gasteiger partial charge in [0, 0.05) is 15.6 Å². The van der Waals surface area contributed by atoms with Crippen LogP contribution in [0.5, 0.6) is 0 Å². The van der Waals surface area contributed by atoms with Crippen LogP contribution in [0.1, 0.15) is 5.56 Å². The highest BCUT2D eigenvalue weighted by atomic mass is 35.5. The van der Waals surface area contributed by atoms with Crippen molar-refractivity contribution >= 4 is 23.2 Å². The van der Waals surface area contributed by atoms with Gasteiger partial charge in [0.25, 0.3) is 0 Å². The fourth-order valence-corrected chi connectivity index (χ4v) is 2.16. The van der Waals surface area contributed by atoms with E-state index in [-0.39, 0.29) is 0 Å². The molecule has 1 aromatic heterocycles. The highest BCUT2D eigenvalue weighted by Gasteiger charge is 2.06. The van der Waals surface area contributed by atoms with Crippen molar-refractivity contribution < 1.29 is 0 Å². The minimum Gasteiger partial charge on any atom is -0.159 e. The third kappa shape index (κ3) is 2.98. The van der Waals surface area contributed by atoms with Crippen LogP contribution in [0.25, 0.3) is 11.4 Å². The summed E-state index contributed by atoms with van der Waals surface area (Å²) in [4.78, 5) is 1.54. The van der Waals surface area contributed by atoms with Crippen LogP contribution in [0.15, 0.2) is 48.5 Å². The first-order valence-corrected chi connectivity index (χ1v) is 6.74. The zero-order valence-electron chi connectivity index (χ0n) is 10.4. The summed E-state index contributed by atoms with van der Waals surface area (Å²) in [7, 11) is 0. The van der Waals surface area contributed by atoms with Crippen LogP contribution in [0, 0.1) is 0 Å². The van der Waals surface area contributed by atoms with Crippen LogP contribution in [0.4, 0.5) is 0 Å². The van der Waals surface area contributed by atoms with Gasteiger partial charge in [-0.1, -0.05) is 35.3 Å². The highest BCUT2D eigenvalue weighted by Crippen LogP contribution is 2.17. The van der Waals surface area contributed by atoms with E-state index in [0.717, 1.165) is 11.1 Å². The number of nitrogens with zero attached hydrogens (tertiary/aromatic N) is 4. The maximum Gasteiger partial charge on any atom is 0.204 e. The van der Waals surface area contributed by atoms with Crippen molar-refractivity contribution in [2.45, 2.75) is 6.54 Å². The maximum atomic E-state index is 5.95. The summed E-state index contributed by atoms with van der Waals surface area (Å²) in [6.45, 7) is 0.529. The van der Waals surface area contributed by atoms with Crippen LogP contribution in [0.2, 0.25) is 10.0 Å². The number of aromatic nitrogens is 4. The van der Waals surface area contributed by atoms with Gasteiger partial charge in [-0.2, -0.15) is 4.80 Å². The van der Waals surface area contributed by atoms with E-state index in [1.165, 1.54) is 4.80 Å². The average Bonchev–Trinajstić information content (AvgIpc) is 2.88. The van der Waals surface area contributed by atoms with E-state index in [1.807, 2.05) is 36.4 Å². The lowest BCUT2D eigenvalue weighted by Crippen LogP contribution is -2.03. The Labute approximate surface area is 126 Å². The fourth-order valence-electron chi connectivity index (χ4n) is 1.82. The topological polar surface area (TPSA) is 43.6 Å². The van der Waals surface area contributed by atoms with Crippen molar-refractivity contribution in [2.75, 3.05) is 0 Å². The Kier molecular flexibility index (Phi) is 3.67. The molecule has 0 amide bonds. The second-order valence-corrected chi connectivity index (χ2v) is 5.15. The molecule has 0 unspecified atom stereocenters. The van der Waals surface area contributed by atoms with Crippen molar-refractivity contribution in [3.63, 3.8) is 0 Å². The zero-order chi connectivity index (χ0) is 13.9. The summed E-state index contributed by atoms with van der Waals surface area (Å²) in [5, 5.41) is 13.8. The molecule has 0 atom stereocenters. The van der Waals surface area contributed by atoms with E-state index in [1.54, 1.807) is 12.1 Å². The van der Waals surface area contributed by atoms with E-state index >= 15 is 0 Å². The van der Waals surface area contributed by atoms with Crippen molar-refractivity contribution in [1.82, 2.24) is 20.2 Å². The Morgan fingerprint density at radius 2 is 1.75 bits per heavy atom. The Morgan fingerprint density at radius 1 is 0.950 bits per heavy atom. The molecule has 0 radical (unpaired) electrons. The molecule has 0 spiro atoms. The minimum absolute atomic E-state index is 0.529. The van der Waals surface area contributed by atoms with Gasteiger partial charge in [0.15, 0.2) is 0 Å². The minimum atomic E-state index is 0.529. The van der Waals surface area contributed by atoms with Gasteiger partial charge in [-0.25, -0.2) is 0 Å². The van der Waals surface area contributed by atoms with Crippen molar-refractivity contribution in [3.05, 3.63) is 64.1 Å². The van der Waals surface area contributed by atoms with Gasteiger partial charge in [-0.15, -0.1) is 10.2 Å². The molecule has 20 heavy (non-hydrogen) atoms. The van der Waals surface area contributed by atoms with Gasteiger partial charge in [-0.05, 0) is 47.2 Å². The number of tetrazole rings is 1. The standard InChI is InChI=1S/C14H10Cl2N4/c15-12-6-4-11(5-7-12)14-17-19-20(18-14)9-10-2-1-3-13(16)8-10/h1-8H,9H2. The largest absolute Gasteiger partial charge is 0.204 e. The molecule has 3 rings (SSSR count). The number of halogens is 2. The number of hydrogen-bond acceptors (Lipinski definition) is 3. The summed E-state index contributed by atoms with van der Waals surface area (Å²) < 4.78 is 0. The molecule has 0 aliphatic carbocycles. The molecule has 0 fully saturated rings. The van der Waals surface area contributed by atoms with Crippen LogP contribution in [-0.2, 0) is 6.54 Å². The molecule has 0 saturated heterocycles. The second kappa shape index (κ2) is 5.61. The lowest BCUT2D eigenvalue weighted by atomic mass is 10.2. The first-order valence-electron chi connectivity index (χ1n) is 5.99. The van der Waals surface area contributed by atoms with Gasteiger partial charge >= 0.3 is 0 Å². The van der Waals surface area contributed by atoms with Crippen molar-refractivity contribution in [3.8, 4) is 11.4 Å². The van der Waals surface area contributed by atoms with Gasteiger partial charge < -0.3 is 0 Å². The molecule has 6 heteroatoms. The molecule has 0 aliphatic rings. The molecular weight excluding hydrogens is 295 g/mol. The van der Waals surface area contributed by atoms with Gasteiger partial charge in [-0.3, -0.25) is 0 Å². The molecular formula is C14H10Cl2N4. The van der Waals surface area contributed by atoms with Crippen LogP contribution in [-0.4, -0.2) is 20.2 Å². The highest BCUT2D eigenvalue weighted by molar-refractivity contribution is 6.30. The first-order chi connectivity index (χ1) is 9.70. The predicted molar refractivity (Wildman–Crippen MR) is 78.8 cm³/mol. The summed E-state index contributed by atoms with van der Waals surface area (Å²) in [6, 6.07) is 14.9. The SMILES string of the molecule is Clc1ccc(-c2nnn(Cc3cccc(Cl)c3)n2)cc1. The Hall–Kier alpha value is -1.91. The van der Waals surface area contributed by atoms with E-state index in [0.29, 0.717) is 22.4 Å². The van der Waals surface area contributed by atoms with E-state index in [9.17, 15) is 0 Å². The number of benzene rings is 2. The van der Waals surface area contributed by atoms with Gasteiger partial charge in [0.05, 0.1) is 6.54 Å². The normalized spacial score (nSPS) is 10.7. The van der Waals surface area contributed by atoms with Crippen LogP contribution < -0.4 is 0 Å². The zero-order valence-corrected chi connectivity index (χ0v) is 11.9. The van der Waals surface area contributed by atoms with Crippen LogP contribution in [0.3, 0.4) is 0 Å². The monoisotopic (exact) mass is 304 g/mol. The molecule has 100 valence electrons. The third-order valence-corrected chi connectivity index (χ3v) is 3.26. The lowest BCUT2D eigenvalue weighted by Gasteiger charge is -1.99. The summed E-state index contributed by atoms with van der Waals surface area (Å²) >= 11 is 11.8. The quantitative estimate of drug-likeness (QED) is 0.741. The third-order valence-electron chi connectivity index (χ3n) is 2.77. The number of rotatable bonds is 3. The summed E-state index contributed by atoms with van der Waals surface area (Å²) in [6.07, 6.45) is 0. The fraction of sp³-hybridized carbons (Fsp3) is 0.0714. The van der Waals surface area contributed by atoms with Crippen molar-refractivity contribution in [2.24, 2.45) is 0 Å². The summed E-state index contributed by atoms with van der Waals surface area (Å²) in [5.41, 5.74) is 1.91. The molecule has 1 heterocycles. The molecule has 4 nitrogen and oxygen atoms in total. The Balaban J connectivity index is 1.82. The van der Waals surface area contributed by atoms with E-state index in [2.05, 4.69) is 15.4 Å². The van der Waals surface area contributed by atoms with Gasteiger partial charge in [0.2, 0.25) is 5.82 Å². The molecule has 3 aromatic rings. The predicted octanol–water partition coefficient (Wildman–Crippen LogP) is 3.70. The Bertz CT molecular complexity index is 722. The van der Waals surface area contributed by atoms with Crippen LogP contribution >= 0.6 is 23.2 Å². The van der Waals surface area contributed by atoms with E-state index < -0.39 is 0 Å². The van der Waals surface area contributed by atoms with Gasteiger partial charge in [0.1, 0.15) is 0 Å². The Morgan fingerprint density at radius 3 is 2.50 bits per heavy atom. The molecule has 0 N–H and O–H groups in total. The molecule has 2 aromatic carbocycles. The molecule has 0 saturated carbocycles. The summed E-state index contributed by atoms with van der Waals surface area (Å²) in [5.74, 6) is 0.573. The number of hydrogen-bond donors (Lipinski definition) is 0. The lowest BCUT2D eigenvalue weighted by molar-refractivity contribution is 0.573. The average molecular weight is 305 g/mol. The van der Waals surface area contributed by atoms with Crippen molar-refractivity contribution in [1.29, 1.82) is 0 Å². The maximum absolute atomic E-state index is 5.95. The first kappa shape index (κ1) is 13.1.